The summed E-state index contributed by atoms with van der Waals surface area (Å²) in [5, 5.41) is 3.16. The summed E-state index contributed by atoms with van der Waals surface area (Å²) in [4.78, 5) is 17.4. The van der Waals surface area contributed by atoms with Gasteiger partial charge < -0.3 is 5.32 Å². The molecule has 0 saturated carbocycles. The minimum absolute atomic E-state index is 0.293. The number of aromatic nitrogens is 2. The van der Waals surface area contributed by atoms with Gasteiger partial charge in [0.2, 0.25) is 5.91 Å². The Kier molecular flexibility index (Phi) is 6.07. The van der Waals surface area contributed by atoms with Crippen molar-refractivity contribution in [3.05, 3.63) is 101 Å². The number of rotatable bonds is 6. The summed E-state index contributed by atoms with van der Waals surface area (Å²) < 4.78 is 14.3. The SMILES string of the molecule is O=C(C=Cc1c(Cl)nc2ccccn12)Nc1cccc(CS(=O)c2ccccc2)c1. The molecule has 5 nitrogen and oxygen atoms in total. The van der Waals surface area contributed by atoms with Crippen LogP contribution < -0.4 is 5.32 Å². The van der Waals surface area contributed by atoms with Gasteiger partial charge in [0.05, 0.1) is 22.2 Å². The summed E-state index contributed by atoms with van der Waals surface area (Å²) in [6, 6.07) is 22.2. The van der Waals surface area contributed by atoms with E-state index in [0.29, 0.717) is 27.9 Å². The maximum Gasteiger partial charge on any atom is 0.248 e. The summed E-state index contributed by atoms with van der Waals surface area (Å²) in [6.07, 6.45) is 4.88. The molecule has 0 aliphatic rings. The Morgan fingerprint density at radius 2 is 1.87 bits per heavy atom. The average Bonchev–Trinajstić information content (AvgIpc) is 3.08. The van der Waals surface area contributed by atoms with Gasteiger partial charge in [-0.1, -0.05) is 48.0 Å². The number of pyridine rings is 1. The molecule has 1 amide bonds. The van der Waals surface area contributed by atoms with Crippen LogP contribution in [0.5, 0.6) is 0 Å². The maximum absolute atomic E-state index is 12.5. The minimum atomic E-state index is -1.15. The molecular weight excluding hydrogens is 418 g/mol. The van der Waals surface area contributed by atoms with Gasteiger partial charge in [0, 0.05) is 22.9 Å². The van der Waals surface area contributed by atoms with Crippen molar-refractivity contribution in [1.82, 2.24) is 9.38 Å². The zero-order chi connectivity index (χ0) is 20.9. The molecule has 1 N–H and O–H groups in total. The molecule has 150 valence electrons. The molecule has 2 aromatic heterocycles. The third kappa shape index (κ3) is 4.67. The van der Waals surface area contributed by atoms with Gasteiger partial charge >= 0.3 is 0 Å². The van der Waals surface area contributed by atoms with E-state index >= 15 is 0 Å². The van der Waals surface area contributed by atoms with E-state index in [0.717, 1.165) is 10.5 Å². The Bertz CT molecular complexity index is 1250. The van der Waals surface area contributed by atoms with Gasteiger partial charge in [-0.15, -0.1) is 0 Å². The second-order valence-corrected chi connectivity index (χ2v) is 8.35. The lowest BCUT2D eigenvalue weighted by molar-refractivity contribution is -0.111. The highest BCUT2D eigenvalue weighted by Gasteiger charge is 2.08. The molecule has 4 aromatic rings. The van der Waals surface area contributed by atoms with Crippen molar-refractivity contribution in [3.8, 4) is 0 Å². The Morgan fingerprint density at radius 3 is 2.70 bits per heavy atom. The number of anilines is 1. The van der Waals surface area contributed by atoms with Crippen LogP contribution in [-0.2, 0) is 21.3 Å². The molecule has 4 rings (SSSR count). The van der Waals surface area contributed by atoms with E-state index in [1.165, 1.54) is 6.08 Å². The van der Waals surface area contributed by atoms with Crippen LogP contribution in [-0.4, -0.2) is 19.5 Å². The highest BCUT2D eigenvalue weighted by atomic mass is 35.5. The summed E-state index contributed by atoms with van der Waals surface area (Å²) in [5.74, 6) is 0.0827. The zero-order valence-corrected chi connectivity index (χ0v) is 17.4. The van der Waals surface area contributed by atoms with Crippen molar-refractivity contribution >= 4 is 45.7 Å². The minimum Gasteiger partial charge on any atom is -0.323 e. The lowest BCUT2D eigenvalue weighted by atomic mass is 10.2. The molecular formula is C23H18ClN3O2S. The van der Waals surface area contributed by atoms with Crippen molar-refractivity contribution in [1.29, 1.82) is 0 Å². The fourth-order valence-electron chi connectivity index (χ4n) is 3.02. The number of fused-ring (bicyclic) bond motifs is 1. The number of amides is 1. The Morgan fingerprint density at radius 1 is 1.07 bits per heavy atom. The van der Waals surface area contributed by atoms with Gasteiger partial charge in [0.15, 0.2) is 5.15 Å². The van der Waals surface area contributed by atoms with Crippen LogP contribution in [0.3, 0.4) is 0 Å². The number of halogens is 1. The molecule has 0 spiro atoms. The van der Waals surface area contributed by atoms with E-state index in [2.05, 4.69) is 10.3 Å². The fraction of sp³-hybridized carbons (Fsp3) is 0.0435. The van der Waals surface area contributed by atoms with Crippen LogP contribution in [0, 0.1) is 0 Å². The molecule has 0 aliphatic carbocycles. The Hall–Kier alpha value is -3.22. The monoisotopic (exact) mass is 435 g/mol. The van der Waals surface area contributed by atoms with E-state index in [4.69, 9.17) is 11.6 Å². The third-order valence-electron chi connectivity index (χ3n) is 4.41. The standard InChI is InChI=1S/C23H18ClN3O2S/c24-23-20(27-14-5-4-11-21(27)26-23)12-13-22(28)25-18-8-6-7-17(15-18)16-30(29)19-9-2-1-3-10-19/h1-15H,16H2,(H,25,28). The smallest absolute Gasteiger partial charge is 0.248 e. The van der Waals surface area contributed by atoms with Crippen LogP contribution in [0.15, 0.2) is 90.0 Å². The lowest BCUT2D eigenvalue weighted by Gasteiger charge is -2.06. The number of hydrogen-bond acceptors (Lipinski definition) is 3. The van der Waals surface area contributed by atoms with Gasteiger partial charge in [0.1, 0.15) is 5.65 Å². The summed E-state index contributed by atoms with van der Waals surface area (Å²) >= 11 is 6.19. The fourth-order valence-corrected chi connectivity index (χ4v) is 4.37. The number of carbonyl (C=O) groups is 1. The first-order valence-electron chi connectivity index (χ1n) is 9.24. The van der Waals surface area contributed by atoms with E-state index in [1.807, 2.05) is 77.3 Å². The van der Waals surface area contributed by atoms with E-state index < -0.39 is 10.8 Å². The lowest BCUT2D eigenvalue weighted by Crippen LogP contribution is -2.08. The van der Waals surface area contributed by atoms with Crippen LogP contribution in [0.4, 0.5) is 5.69 Å². The number of carbonyl (C=O) groups excluding carboxylic acids is 1. The Balaban J connectivity index is 1.44. The van der Waals surface area contributed by atoms with E-state index in [1.54, 1.807) is 12.1 Å². The first-order valence-corrected chi connectivity index (χ1v) is 10.9. The van der Waals surface area contributed by atoms with E-state index in [9.17, 15) is 9.00 Å². The van der Waals surface area contributed by atoms with Gasteiger partial charge in [-0.25, -0.2) is 4.98 Å². The molecule has 0 saturated heterocycles. The highest BCUT2D eigenvalue weighted by Crippen LogP contribution is 2.19. The average molecular weight is 436 g/mol. The van der Waals surface area contributed by atoms with E-state index in [-0.39, 0.29) is 5.91 Å². The van der Waals surface area contributed by atoms with Gasteiger partial charge in [-0.3, -0.25) is 13.4 Å². The van der Waals surface area contributed by atoms with Crippen LogP contribution in [0.2, 0.25) is 5.15 Å². The van der Waals surface area contributed by atoms with Gasteiger partial charge in [-0.2, -0.15) is 0 Å². The molecule has 1 unspecified atom stereocenters. The normalized spacial score (nSPS) is 12.3. The highest BCUT2D eigenvalue weighted by molar-refractivity contribution is 7.84. The molecule has 1 atom stereocenters. The van der Waals surface area contributed by atoms with Crippen LogP contribution >= 0.6 is 11.6 Å². The van der Waals surface area contributed by atoms with Gasteiger partial charge in [0.25, 0.3) is 0 Å². The number of nitrogens with zero attached hydrogens (tertiary/aromatic N) is 2. The Labute approximate surface area is 181 Å². The molecule has 0 bridgehead atoms. The first-order chi connectivity index (χ1) is 14.6. The van der Waals surface area contributed by atoms with Gasteiger partial charge in [-0.05, 0) is 48.0 Å². The first kappa shape index (κ1) is 20.1. The molecule has 0 aliphatic heterocycles. The van der Waals surface area contributed by atoms with Crippen LogP contribution in [0.1, 0.15) is 11.3 Å². The maximum atomic E-state index is 12.5. The number of nitrogens with one attached hydrogen (secondary N) is 1. The molecule has 0 radical (unpaired) electrons. The second-order valence-electron chi connectivity index (χ2n) is 6.54. The molecule has 2 aromatic carbocycles. The predicted molar refractivity (Wildman–Crippen MR) is 121 cm³/mol. The third-order valence-corrected chi connectivity index (χ3v) is 6.08. The number of hydrogen-bond donors (Lipinski definition) is 1. The zero-order valence-electron chi connectivity index (χ0n) is 15.9. The van der Waals surface area contributed by atoms with Crippen molar-refractivity contribution in [2.24, 2.45) is 0 Å². The molecule has 30 heavy (non-hydrogen) atoms. The van der Waals surface area contributed by atoms with Crippen molar-refractivity contribution in [2.45, 2.75) is 10.6 Å². The number of benzene rings is 2. The van der Waals surface area contributed by atoms with Crippen molar-refractivity contribution < 1.29 is 9.00 Å². The molecule has 7 heteroatoms. The second kappa shape index (κ2) is 9.07. The van der Waals surface area contributed by atoms with Crippen LogP contribution in [0.25, 0.3) is 11.7 Å². The topological polar surface area (TPSA) is 63.5 Å². The molecule has 2 heterocycles. The quantitative estimate of drug-likeness (QED) is 0.436. The largest absolute Gasteiger partial charge is 0.323 e. The summed E-state index contributed by atoms with van der Waals surface area (Å²) in [5.41, 5.74) is 2.86. The number of imidazole rings is 1. The predicted octanol–water partition coefficient (Wildman–Crippen LogP) is 4.95. The molecule has 0 fully saturated rings. The summed E-state index contributed by atoms with van der Waals surface area (Å²) in [6.45, 7) is 0. The van der Waals surface area contributed by atoms with Crippen molar-refractivity contribution in [3.63, 3.8) is 0 Å². The van der Waals surface area contributed by atoms with Crippen molar-refractivity contribution in [2.75, 3.05) is 5.32 Å². The summed E-state index contributed by atoms with van der Waals surface area (Å²) in [7, 11) is -1.15.